The number of thioether (sulfide) groups is 1. The number of hydrogen-bond donors (Lipinski definition) is 2. The van der Waals surface area contributed by atoms with E-state index in [0.29, 0.717) is 10.6 Å². The summed E-state index contributed by atoms with van der Waals surface area (Å²) in [7, 11) is 0. The van der Waals surface area contributed by atoms with Crippen LogP contribution >= 0.6 is 23.4 Å². The van der Waals surface area contributed by atoms with Crippen LogP contribution in [0.1, 0.15) is 10.4 Å². The van der Waals surface area contributed by atoms with Gasteiger partial charge in [-0.3, -0.25) is 20.4 Å². The molecule has 132 valence electrons. The molecule has 0 saturated heterocycles. The van der Waals surface area contributed by atoms with Crippen LogP contribution in [-0.4, -0.2) is 32.3 Å². The van der Waals surface area contributed by atoms with Crippen LogP contribution < -0.4 is 10.9 Å². The Labute approximate surface area is 158 Å². The van der Waals surface area contributed by atoms with Crippen LogP contribution in [0.25, 0.3) is 5.69 Å². The molecular formula is C17H14ClN5O2S. The Morgan fingerprint density at radius 2 is 1.77 bits per heavy atom. The van der Waals surface area contributed by atoms with E-state index in [1.54, 1.807) is 47.4 Å². The Kier molecular flexibility index (Phi) is 5.88. The topological polar surface area (TPSA) is 88.9 Å². The number of rotatable bonds is 5. The second-order valence-corrected chi connectivity index (χ2v) is 6.62. The number of amides is 2. The highest BCUT2D eigenvalue weighted by Gasteiger charge is 2.08. The first-order chi connectivity index (χ1) is 12.6. The third kappa shape index (κ3) is 4.84. The van der Waals surface area contributed by atoms with Crippen LogP contribution in [0, 0.1) is 0 Å². The normalized spacial score (nSPS) is 10.3. The van der Waals surface area contributed by atoms with E-state index in [1.807, 2.05) is 12.1 Å². The quantitative estimate of drug-likeness (QED) is 0.518. The van der Waals surface area contributed by atoms with Crippen molar-refractivity contribution in [2.24, 2.45) is 0 Å². The van der Waals surface area contributed by atoms with Gasteiger partial charge in [0.25, 0.3) is 5.91 Å². The molecular weight excluding hydrogens is 374 g/mol. The molecule has 3 aromatic rings. The zero-order chi connectivity index (χ0) is 18.4. The minimum absolute atomic E-state index is 0.174. The number of nitrogens with zero attached hydrogens (tertiary/aromatic N) is 3. The summed E-state index contributed by atoms with van der Waals surface area (Å²) in [5, 5.41) is 4.65. The molecule has 26 heavy (non-hydrogen) atoms. The lowest BCUT2D eigenvalue weighted by Crippen LogP contribution is -2.42. The van der Waals surface area contributed by atoms with E-state index in [9.17, 15) is 9.59 Å². The highest BCUT2D eigenvalue weighted by molar-refractivity contribution is 8.00. The van der Waals surface area contributed by atoms with Gasteiger partial charge < -0.3 is 0 Å². The molecule has 0 bridgehead atoms. The second-order valence-electron chi connectivity index (χ2n) is 5.13. The summed E-state index contributed by atoms with van der Waals surface area (Å²) in [6.45, 7) is 0. The Balaban J connectivity index is 1.47. The molecule has 9 heteroatoms. The number of hydrogen-bond acceptors (Lipinski definition) is 5. The molecule has 2 aromatic carbocycles. The van der Waals surface area contributed by atoms with Gasteiger partial charge in [0.15, 0.2) is 0 Å². The molecule has 2 N–H and O–H groups in total. The maximum absolute atomic E-state index is 12.1. The summed E-state index contributed by atoms with van der Waals surface area (Å²) >= 11 is 7.16. The molecule has 0 aliphatic heterocycles. The van der Waals surface area contributed by atoms with Gasteiger partial charge in [0.2, 0.25) is 5.91 Å². The van der Waals surface area contributed by atoms with Crippen LogP contribution in [0.4, 0.5) is 0 Å². The molecule has 0 saturated carbocycles. The molecule has 0 radical (unpaired) electrons. The number of benzene rings is 2. The molecule has 3 rings (SSSR count). The fourth-order valence-corrected chi connectivity index (χ4v) is 2.85. The Morgan fingerprint density at radius 3 is 2.42 bits per heavy atom. The number of aromatic nitrogens is 3. The number of halogens is 1. The Hall–Kier alpha value is -2.84. The summed E-state index contributed by atoms with van der Waals surface area (Å²) in [6, 6.07) is 13.9. The lowest BCUT2D eigenvalue weighted by molar-refractivity contribution is -0.119. The average Bonchev–Trinajstić information content (AvgIpc) is 3.20. The summed E-state index contributed by atoms with van der Waals surface area (Å²) < 4.78 is 1.58. The highest BCUT2D eigenvalue weighted by Crippen LogP contribution is 2.19. The Bertz CT molecular complexity index is 883. The van der Waals surface area contributed by atoms with E-state index in [-0.39, 0.29) is 11.7 Å². The van der Waals surface area contributed by atoms with E-state index in [1.165, 1.54) is 18.1 Å². The first-order valence-electron chi connectivity index (χ1n) is 7.54. The van der Waals surface area contributed by atoms with Gasteiger partial charge in [-0.05, 0) is 48.5 Å². The molecule has 0 aliphatic rings. The third-order valence-corrected chi connectivity index (χ3v) is 4.58. The molecule has 1 heterocycles. The van der Waals surface area contributed by atoms with E-state index in [2.05, 4.69) is 20.9 Å². The van der Waals surface area contributed by atoms with Gasteiger partial charge in [-0.25, -0.2) is 9.67 Å². The fraction of sp³-hybridized carbons (Fsp3) is 0.0588. The SMILES string of the molecule is O=C(CSc1ccc(Cl)cc1)NNC(=O)c1ccc(-n2cncn2)cc1. The first kappa shape index (κ1) is 18.0. The number of hydrazine groups is 1. The van der Waals surface area contributed by atoms with Gasteiger partial charge in [-0.2, -0.15) is 5.10 Å². The molecule has 0 unspecified atom stereocenters. The molecule has 0 atom stereocenters. The third-order valence-electron chi connectivity index (χ3n) is 3.31. The van der Waals surface area contributed by atoms with Crippen molar-refractivity contribution in [3.8, 4) is 5.69 Å². The lowest BCUT2D eigenvalue weighted by atomic mass is 10.2. The van der Waals surface area contributed by atoms with Crippen LogP contribution in [0.2, 0.25) is 5.02 Å². The summed E-state index contributed by atoms with van der Waals surface area (Å²) in [5.41, 5.74) is 5.98. The van der Waals surface area contributed by atoms with Gasteiger partial charge in [0.1, 0.15) is 12.7 Å². The van der Waals surface area contributed by atoms with Crippen LogP contribution in [0.15, 0.2) is 66.1 Å². The van der Waals surface area contributed by atoms with Gasteiger partial charge in [-0.15, -0.1) is 11.8 Å². The van der Waals surface area contributed by atoms with E-state index in [4.69, 9.17) is 11.6 Å². The molecule has 7 nitrogen and oxygen atoms in total. The van der Waals surface area contributed by atoms with Crippen LogP contribution in [0.5, 0.6) is 0 Å². The maximum atomic E-state index is 12.1. The lowest BCUT2D eigenvalue weighted by Gasteiger charge is -2.08. The maximum Gasteiger partial charge on any atom is 0.269 e. The van der Waals surface area contributed by atoms with E-state index >= 15 is 0 Å². The summed E-state index contributed by atoms with van der Waals surface area (Å²) in [6.07, 6.45) is 2.99. The van der Waals surface area contributed by atoms with Crippen LogP contribution in [0.3, 0.4) is 0 Å². The largest absolute Gasteiger partial charge is 0.272 e. The van der Waals surface area contributed by atoms with Crippen molar-refractivity contribution in [3.05, 3.63) is 71.8 Å². The molecule has 1 aromatic heterocycles. The predicted octanol–water partition coefficient (Wildman–Crippen LogP) is 2.47. The Morgan fingerprint density at radius 1 is 1.04 bits per heavy atom. The molecule has 0 aliphatic carbocycles. The van der Waals surface area contributed by atoms with Crippen LogP contribution in [-0.2, 0) is 4.79 Å². The fourth-order valence-electron chi connectivity index (χ4n) is 2.02. The van der Waals surface area contributed by atoms with E-state index < -0.39 is 5.91 Å². The smallest absolute Gasteiger partial charge is 0.269 e. The van der Waals surface area contributed by atoms with Gasteiger partial charge in [-0.1, -0.05) is 11.6 Å². The molecule has 0 fully saturated rings. The number of carbonyl (C=O) groups excluding carboxylic acids is 2. The van der Waals surface area contributed by atoms with Gasteiger partial charge in [0, 0.05) is 15.5 Å². The minimum Gasteiger partial charge on any atom is -0.272 e. The molecule has 0 spiro atoms. The average molecular weight is 388 g/mol. The molecule has 2 amide bonds. The second kappa shape index (κ2) is 8.50. The van der Waals surface area contributed by atoms with E-state index in [0.717, 1.165) is 10.6 Å². The number of carbonyl (C=O) groups is 2. The zero-order valence-corrected chi connectivity index (χ0v) is 15.0. The van der Waals surface area contributed by atoms with Crippen molar-refractivity contribution in [3.63, 3.8) is 0 Å². The zero-order valence-electron chi connectivity index (χ0n) is 13.4. The van der Waals surface area contributed by atoms with Crippen molar-refractivity contribution in [2.75, 3.05) is 5.75 Å². The monoisotopic (exact) mass is 387 g/mol. The predicted molar refractivity (Wildman–Crippen MR) is 99.1 cm³/mol. The van der Waals surface area contributed by atoms with Gasteiger partial charge >= 0.3 is 0 Å². The minimum atomic E-state index is -0.403. The number of nitrogens with one attached hydrogen (secondary N) is 2. The first-order valence-corrected chi connectivity index (χ1v) is 8.91. The van der Waals surface area contributed by atoms with Crippen molar-refractivity contribution < 1.29 is 9.59 Å². The van der Waals surface area contributed by atoms with Crippen molar-refractivity contribution in [1.29, 1.82) is 0 Å². The van der Waals surface area contributed by atoms with Crippen molar-refractivity contribution in [2.45, 2.75) is 4.90 Å². The van der Waals surface area contributed by atoms with Crippen molar-refractivity contribution in [1.82, 2.24) is 25.6 Å². The highest BCUT2D eigenvalue weighted by atomic mass is 35.5. The summed E-state index contributed by atoms with van der Waals surface area (Å²) in [4.78, 5) is 28.7. The standard InChI is InChI=1S/C17H14ClN5O2S/c18-13-3-7-15(8-4-13)26-9-16(24)21-22-17(25)12-1-5-14(6-2-12)23-11-19-10-20-23/h1-8,10-11H,9H2,(H,21,24)(H,22,25). The summed E-state index contributed by atoms with van der Waals surface area (Å²) in [5.74, 6) is -0.537. The van der Waals surface area contributed by atoms with Gasteiger partial charge in [0.05, 0.1) is 11.4 Å². The van der Waals surface area contributed by atoms with Crippen molar-refractivity contribution >= 4 is 35.2 Å².